The number of rotatable bonds is 8. The van der Waals surface area contributed by atoms with Crippen LogP contribution in [0.3, 0.4) is 0 Å². The second-order valence-corrected chi connectivity index (χ2v) is 5.17. The van der Waals surface area contributed by atoms with Crippen molar-refractivity contribution in [1.29, 1.82) is 0 Å². The minimum absolute atomic E-state index is 0.0757. The second kappa shape index (κ2) is 8.70. The van der Waals surface area contributed by atoms with Gasteiger partial charge in [0.1, 0.15) is 0 Å². The first-order valence-electron chi connectivity index (χ1n) is 7.11. The van der Waals surface area contributed by atoms with Gasteiger partial charge in [-0.2, -0.15) is 0 Å². The molecule has 0 aliphatic heterocycles. The van der Waals surface area contributed by atoms with Crippen LogP contribution in [0.25, 0.3) is 0 Å². The molecule has 3 nitrogen and oxygen atoms in total. The van der Waals surface area contributed by atoms with E-state index in [4.69, 9.17) is 5.11 Å². The molecule has 1 rings (SSSR count). The third-order valence-electron chi connectivity index (χ3n) is 3.26. The van der Waals surface area contributed by atoms with Crippen molar-refractivity contribution in [2.24, 2.45) is 5.92 Å². The number of nitrogens with one attached hydrogen (secondary N) is 1. The number of benzene rings is 1. The summed E-state index contributed by atoms with van der Waals surface area (Å²) in [5.41, 5.74) is 2.10. The molecule has 0 saturated heterocycles. The predicted molar refractivity (Wildman–Crippen MR) is 77.8 cm³/mol. The fourth-order valence-corrected chi connectivity index (χ4v) is 2.14. The number of aliphatic hydroxyl groups is 1. The van der Waals surface area contributed by atoms with Crippen molar-refractivity contribution in [2.75, 3.05) is 6.54 Å². The van der Waals surface area contributed by atoms with Crippen molar-refractivity contribution in [3.05, 3.63) is 35.4 Å². The van der Waals surface area contributed by atoms with Gasteiger partial charge in [0.25, 0.3) is 0 Å². The topological polar surface area (TPSA) is 49.3 Å². The van der Waals surface area contributed by atoms with Crippen LogP contribution in [0.1, 0.15) is 44.2 Å². The van der Waals surface area contributed by atoms with Crippen LogP contribution in [0.5, 0.6) is 0 Å². The predicted octanol–water partition coefficient (Wildman–Crippen LogP) is 2.66. The molecular formula is C16H25NO2. The fourth-order valence-electron chi connectivity index (χ4n) is 2.14. The minimum atomic E-state index is 0.0757. The minimum Gasteiger partial charge on any atom is -0.392 e. The molecule has 1 aromatic rings. The first kappa shape index (κ1) is 15.7. The monoisotopic (exact) mass is 263 g/mol. The zero-order chi connectivity index (χ0) is 14.1. The Morgan fingerprint density at radius 1 is 1.26 bits per heavy atom. The SMILES string of the molecule is CCCC(C)CC(=O)NCCc1ccc(CO)cc1. The summed E-state index contributed by atoms with van der Waals surface area (Å²) in [6.45, 7) is 5.02. The third kappa shape index (κ3) is 6.39. The molecule has 19 heavy (non-hydrogen) atoms. The lowest BCUT2D eigenvalue weighted by Gasteiger charge is -2.10. The van der Waals surface area contributed by atoms with Gasteiger partial charge < -0.3 is 10.4 Å². The zero-order valence-electron chi connectivity index (χ0n) is 12.0. The quantitative estimate of drug-likeness (QED) is 0.757. The summed E-state index contributed by atoms with van der Waals surface area (Å²) in [4.78, 5) is 11.7. The fraction of sp³-hybridized carbons (Fsp3) is 0.562. The van der Waals surface area contributed by atoms with Crippen LogP contribution >= 0.6 is 0 Å². The van der Waals surface area contributed by atoms with Crippen LogP contribution in [-0.2, 0) is 17.8 Å². The molecule has 0 radical (unpaired) electrons. The molecule has 0 bridgehead atoms. The number of carbonyl (C=O) groups excluding carboxylic acids is 1. The molecule has 0 aliphatic rings. The van der Waals surface area contributed by atoms with Crippen molar-refractivity contribution in [1.82, 2.24) is 5.32 Å². The maximum atomic E-state index is 11.7. The van der Waals surface area contributed by atoms with Gasteiger partial charge in [0.05, 0.1) is 6.61 Å². The van der Waals surface area contributed by atoms with E-state index in [1.807, 2.05) is 24.3 Å². The Bertz CT molecular complexity index is 373. The van der Waals surface area contributed by atoms with E-state index in [1.54, 1.807) is 0 Å². The van der Waals surface area contributed by atoms with Crippen molar-refractivity contribution in [2.45, 2.75) is 46.1 Å². The highest BCUT2D eigenvalue weighted by atomic mass is 16.3. The molecule has 0 aromatic heterocycles. The highest BCUT2D eigenvalue weighted by molar-refractivity contribution is 5.76. The molecule has 0 spiro atoms. The molecule has 0 heterocycles. The van der Waals surface area contributed by atoms with Gasteiger partial charge in [-0.1, -0.05) is 51.0 Å². The highest BCUT2D eigenvalue weighted by Crippen LogP contribution is 2.09. The summed E-state index contributed by atoms with van der Waals surface area (Å²) in [5.74, 6) is 0.613. The van der Waals surface area contributed by atoms with E-state index in [0.717, 1.165) is 24.8 Å². The van der Waals surface area contributed by atoms with Crippen LogP contribution in [0.4, 0.5) is 0 Å². The van der Waals surface area contributed by atoms with Crippen LogP contribution in [0.2, 0.25) is 0 Å². The Morgan fingerprint density at radius 2 is 1.89 bits per heavy atom. The molecule has 1 atom stereocenters. The standard InChI is InChI=1S/C16H25NO2/c1-3-4-13(2)11-16(19)17-10-9-14-5-7-15(12-18)8-6-14/h5-8,13,18H,3-4,9-12H2,1-2H3,(H,17,19). The number of hydrogen-bond donors (Lipinski definition) is 2. The lowest BCUT2D eigenvalue weighted by atomic mass is 10.0. The van der Waals surface area contributed by atoms with Crippen molar-refractivity contribution >= 4 is 5.91 Å². The van der Waals surface area contributed by atoms with Crippen molar-refractivity contribution < 1.29 is 9.90 Å². The Balaban J connectivity index is 2.23. The van der Waals surface area contributed by atoms with E-state index in [1.165, 1.54) is 5.56 Å². The van der Waals surface area contributed by atoms with Gasteiger partial charge in [-0.3, -0.25) is 4.79 Å². The lowest BCUT2D eigenvalue weighted by molar-refractivity contribution is -0.121. The van der Waals surface area contributed by atoms with Gasteiger partial charge >= 0.3 is 0 Å². The van der Waals surface area contributed by atoms with Gasteiger partial charge in [0.2, 0.25) is 5.91 Å². The third-order valence-corrected chi connectivity index (χ3v) is 3.26. The second-order valence-electron chi connectivity index (χ2n) is 5.17. The Morgan fingerprint density at radius 3 is 2.47 bits per heavy atom. The molecule has 3 heteroatoms. The average Bonchev–Trinajstić information content (AvgIpc) is 2.39. The summed E-state index contributed by atoms with van der Waals surface area (Å²) in [7, 11) is 0. The largest absolute Gasteiger partial charge is 0.392 e. The molecular weight excluding hydrogens is 238 g/mol. The van der Waals surface area contributed by atoms with E-state index in [2.05, 4.69) is 19.2 Å². The summed E-state index contributed by atoms with van der Waals surface area (Å²) in [6, 6.07) is 7.83. The highest BCUT2D eigenvalue weighted by Gasteiger charge is 2.07. The van der Waals surface area contributed by atoms with E-state index in [9.17, 15) is 4.79 Å². The molecule has 2 N–H and O–H groups in total. The van der Waals surface area contributed by atoms with Gasteiger partial charge in [0, 0.05) is 13.0 Å². The maximum absolute atomic E-state index is 11.7. The number of amides is 1. The van der Waals surface area contributed by atoms with Crippen LogP contribution in [-0.4, -0.2) is 17.6 Å². The van der Waals surface area contributed by atoms with Crippen LogP contribution in [0, 0.1) is 5.92 Å². The number of aliphatic hydroxyl groups excluding tert-OH is 1. The summed E-state index contributed by atoms with van der Waals surface area (Å²) in [6.07, 6.45) is 3.69. The Kier molecular flexibility index (Phi) is 7.19. The van der Waals surface area contributed by atoms with E-state index >= 15 is 0 Å². The van der Waals surface area contributed by atoms with Gasteiger partial charge in [-0.25, -0.2) is 0 Å². The Hall–Kier alpha value is -1.35. The molecule has 0 aliphatic carbocycles. The molecule has 106 valence electrons. The molecule has 1 aromatic carbocycles. The van der Waals surface area contributed by atoms with Gasteiger partial charge in [-0.05, 0) is 23.5 Å². The van der Waals surface area contributed by atoms with Crippen molar-refractivity contribution in [3.8, 4) is 0 Å². The average molecular weight is 263 g/mol. The Labute approximate surface area is 116 Å². The lowest BCUT2D eigenvalue weighted by Crippen LogP contribution is -2.27. The van der Waals surface area contributed by atoms with Gasteiger partial charge in [-0.15, -0.1) is 0 Å². The first-order valence-corrected chi connectivity index (χ1v) is 7.11. The normalized spacial score (nSPS) is 12.2. The van der Waals surface area contributed by atoms with E-state index in [-0.39, 0.29) is 12.5 Å². The number of hydrogen-bond acceptors (Lipinski definition) is 2. The molecule has 0 saturated carbocycles. The first-order chi connectivity index (χ1) is 9.15. The smallest absolute Gasteiger partial charge is 0.220 e. The van der Waals surface area contributed by atoms with Crippen molar-refractivity contribution in [3.63, 3.8) is 0 Å². The van der Waals surface area contributed by atoms with E-state index in [0.29, 0.717) is 18.9 Å². The van der Waals surface area contributed by atoms with Gasteiger partial charge in [0.15, 0.2) is 0 Å². The molecule has 0 fully saturated rings. The number of carbonyl (C=O) groups is 1. The molecule has 1 amide bonds. The molecule has 1 unspecified atom stereocenters. The van der Waals surface area contributed by atoms with E-state index < -0.39 is 0 Å². The van der Waals surface area contributed by atoms with Crippen LogP contribution in [0.15, 0.2) is 24.3 Å². The summed E-state index contributed by atoms with van der Waals surface area (Å²) < 4.78 is 0. The van der Waals surface area contributed by atoms with Crippen LogP contribution < -0.4 is 5.32 Å². The zero-order valence-corrected chi connectivity index (χ0v) is 12.0. The summed E-state index contributed by atoms with van der Waals surface area (Å²) in [5, 5.41) is 11.9. The summed E-state index contributed by atoms with van der Waals surface area (Å²) >= 11 is 0. The maximum Gasteiger partial charge on any atom is 0.220 e.